The molecule has 0 spiro atoms. The first-order valence-electron chi connectivity index (χ1n) is 4.89. The molecule has 0 saturated heterocycles. The molecule has 2 N–H and O–H groups in total. The molecule has 1 rings (SSSR count). The maximum atomic E-state index is 11.5. The van der Waals surface area contributed by atoms with Crippen LogP contribution >= 0.6 is 23.4 Å². The quantitative estimate of drug-likeness (QED) is 0.865. The summed E-state index contributed by atoms with van der Waals surface area (Å²) in [5, 5.41) is 11.2. The van der Waals surface area contributed by atoms with Gasteiger partial charge in [-0.05, 0) is 25.1 Å². The number of nitrogens with one attached hydrogen (secondary N) is 1. The minimum Gasteiger partial charge on any atom is -0.480 e. The average molecular weight is 274 g/mol. The van der Waals surface area contributed by atoms with Crippen molar-refractivity contribution in [2.24, 2.45) is 0 Å². The lowest BCUT2D eigenvalue weighted by Gasteiger charge is -2.07. The monoisotopic (exact) mass is 273 g/mol. The van der Waals surface area contributed by atoms with Gasteiger partial charge in [0.1, 0.15) is 0 Å². The lowest BCUT2D eigenvalue weighted by Crippen LogP contribution is -2.19. The second-order valence-corrected chi connectivity index (χ2v) is 5.12. The van der Waals surface area contributed by atoms with Crippen LogP contribution in [-0.4, -0.2) is 28.0 Å². The van der Waals surface area contributed by atoms with E-state index in [1.54, 1.807) is 31.2 Å². The van der Waals surface area contributed by atoms with Gasteiger partial charge in [0, 0.05) is 10.7 Å². The molecule has 0 radical (unpaired) electrons. The lowest BCUT2D eigenvalue weighted by atomic mass is 10.3. The Hall–Kier alpha value is -1.20. The first-order chi connectivity index (χ1) is 7.99. The fraction of sp³-hybridized carbons (Fsp3) is 0.273. The van der Waals surface area contributed by atoms with E-state index in [9.17, 15) is 9.59 Å². The molecule has 1 unspecified atom stereocenters. The largest absolute Gasteiger partial charge is 0.480 e. The van der Waals surface area contributed by atoms with E-state index in [4.69, 9.17) is 16.7 Å². The third-order valence-electron chi connectivity index (χ3n) is 1.92. The van der Waals surface area contributed by atoms with Crippen molar-refractivity contribution in [1.29, 1.82) is 0 Å². The Balaban J connectivity index is 2.42. The van der Waals surface area contributed by atoms with Gasteiger partial charge in [0.2, 0.25) is 5.91 Å². The lowest BCUT2D eigenvalue weighted by molar-refractivity contribution is -0.136. The molecule has 6 heteroatoms. The van der Waals surface area contributed by atoms with Crippen LogP contribution in [-0.2, 0) is 9.59 Å². The Morgan fingerprint density at radius 3 is 2.82 bits per heavy atom. The van der Waals surface area contributed by atoms with E-state index < -0.39 is 11.2 Å². The van der Waals surface area contributed by atoms with Gasteiger partial charge in [0.25, 0.3) is 0 Å². The first kappa shape index (κ1) is 13.9. The minimum absolute atomic E-state index is 0.0972. The van der Waals surface area contributed by atoms with Gasteiger partial charge in [-0.25, -0.2) is 0 Å². The number of thioether (sulfide) groups is 1. The van der Waals surface area contributed by atoms with Crippen LogP contribution in [0.3, 0.4) is 0 Å². The maximum absolute atomic E-state index is 11.5. The summed E-state index contributed by atoms with van der Waals surface area (Å²) in [6.07, 6.45) is 0. The number of carbonyl (C=O) groups is 2. The fourth-order valence-corrected chi connectivity index (χ4v) is 1.84. The molecule has 0 fully saturated rings. The van der Waals surface area contributed by atoms with Crippen molar-refractivity contribution in [3.8, 4) is 0 Å². The van der Waals surface area contributed by atoms with Crippen molar-refractivity contribution >= 4 is 40.9 Å². The van der Waals surface area contributed by atoms with Crippen LogP contribution in [0.25, 0.3) is 0 Å². The molecule has 0 bridgehead atoms. The van der Waals surface area contributed by atoms with Crippen molar-refractivity contribution in [2.45, 2.75) is 12.2 Å². The SMILES string of the molecule is CC(SCC(=O)Nc1cccc(Cl)c1)C(=O)O. The molecule has 17 heavy (non-hydrogen) atoms. The van der Waals surface area contributed by atoms with Crippen molar-refractivity contribution < 1.29 is 14.7 Å². The molecule has 1 aromatic carbocycles. The summed E-state index contributed by atoms with van der Waals surface area (Å²) < 4.78 is 0. The van der Waals surface area contributed by atoms with Crippen LogP contribution in [0.1, 0.15) is 6.92 Å². The summed E-state index contributed by atoms with van der Waals surface area (Å²) in [5.74, 6) is -1.07. The molecule has 92 valence electrons. The summed E-state index contributed by atoms with van der Waals surface area (Å²) in [6, 6.07) is 6.78. The molecule has 0 aliphatic rings. The number of amides is 1. The predicted octanol–water partition coefficient (Wildman–Crippen LogP) is 2.48. The number of carbonyl (C=O) groups excluding carboxylic acids is 1. The highest BCUT2D eigenvalue weighted by molar-refractivity contribution is 8.01. The molecule has 0 aromatic heterocycles. The molecular weight excluding hydrogens is 262 g/mol. The first-order valence-corrected chi connectivity index (χ1v) is 6.31. The van der Waals surface area contributed by atoms with Crippen LogP contribution in [0.15, 0.2) is 24.3 Å². The van der Waals surface area contributed by atoms with E-state index in [1.165, 1.54) is 0 Å². The van der Waals surface area contributed by atoms with E-state index in [0.717, 1.165) is 11.8 Å². The number of benzene rings is 1. The Kier molecular flexibility index (Phi) is 5.31. The van der Waals surface area contributed by atoms with E-state index in [0.29, 0.717) is 10.7 Å². The molecule has 0 aliphatic heterocycles. The van der Waals surface area contributed by atoms with Gasteiger partial charge in [-0.3, -0.25) is 9.59 Å². The summed E-state index contributed by atoms with van der Waals surface area (Å²) >= 11 is 6.83. The molecule has 0 saturated carbocycles. The number of rotatable bonds is 5. The molecule has 1 atom stereocenters. The van der Waals surface area contributed by atoms with E-state index in [2.05, 4.69) is 5.32 Å². The Labute approximate surface area is 108 Å². The number of hydrogen-bond acceptors (Lipinski definition) is 3. The Morgan fingerprint density at radius 2 is 2.24 bits per heavy atom. The fourth-order valence-electron chi connectivity index (χ4n) is 1.04. The molecule has 1 aromatic rings. The maximum Gasteiger partial charge on any atom is 0.316 e. The van der Waals surface area contributed by atoms with Crippen molar-refractivity contribution in [2.75, 3.05) is 11.1 Å². The van der Waals surface area contributed by atoms with E-state index in [-0.39, 0.29) is 11.7 Å². The summed E-state index contributed by atoms with van der Waals surface area (Å²) in [4.78, 5) is 22.0. The smallest absolute Gasteiger partial charge is 0.316 e. The number of aliphatic carboxylic acids is 1. The van der Waals surface area contributed by atoms with Gasteiger partial charge in [0.15, 0.2) is 0 Å². The van der Waals surface area contributed by atoms with Crippen LogP contribution in [0.5, 0.6) is 0 Å². The molecule has 4 nitrogen and oxygen atoms in total. The molecule has 1 amide bonds. The average Bonchev–Trinajstić information content (AvgIpc) is 2.25. The minimum atomic E-state index is -0.925. The molecule has 0 aliphatic carbocycles. The van der Waals surface area contributed by atoms with Gasteiger partial charge in [0.05, 0.1) is 11.0 Å². The zero-order valence-electron chi connectivity index (χ0n) is 9.14. The number of carboxylic acid groups (broad SMARTS) is 1. The number of halogens is 1. The van der Waals surface area contributed by atoms with Crippen molar-refractivity contribution in [3.05, 3.63) is 29.3 Å². The zero-order chi connectivity index (χ0) is 12.8. The summed E-state index contributed by atoms with van der Waals surface area (Å²) in [5.41, 5.74) is 0.603. The van der Waals surface area contributed by atoms with Gasteiger partial charge in [-0.2, -0.15) is 0 Å². The van der Waals surface area contributed by atoms with Crippen LogP contribution < -0.4 is 5.32 Å². The normalized spacial score (nSPS) is 11.9. The van der Waals surface area contributed by atoms with Crippen molar-refractivity contribution in [1.82, 2.24) is 0 Å². The number of hydrogen-bond donors (Lipinski definition) is 2. The second kappa shape index (κ2) is 6.51. The van der Waals surface area contributed by atoms with Gasteiger partial charge < -0.3 is 10.4 Å². The highest BCUT2D eigenvalue weighted by Gasteiger charge is 2.13. The molecular formula is C11H12ClNO3S. The summed E-state index contributed by atoms with van der Waals surface area (Å²) in [6.45, 7) is 1.54. The summed E-state index contributed by atoms with van der Waals surface area (Å²) in [7, 11) is 0. The van der Waals surface area contributed by atoms with Gasteiger partial charge in [-0.15, -0.1) is 11.8 Å². The Morgan fingerprint density at radius 1 is 1.53 bits per heavy atom. The second-order valence-electron chi connectivity index (χ2n) is 3.35. The highest BCUT2D eigenvalue weighted by atomic mass is 35.5. The topological polar surface area (TPSA) is 66.4 Å². The van der Waals surface area contributed by atoms with Crippen LogP contribution in [0.2, 0.25) is 5.02 Å². The third kappa shape index (κ3) is 5.10. The van der Waals surface area contributed by atoms with Gasteiger partial charge >= 0.3 is 5.97 Å². The van der Waals surface area contributed by atoms with E-state index >= 15 is 0 Å². The number of anilines is 1. The Bertz CT molecular complexity index is 425. The van der Waals surface area contributed by atoms with Crippen LogP contribution in [0, 0.1) is 0 Å². The molecule has 0 heterocycles. The predicted molar refractivity (Wildman–Crippen MR) is 69.6 cm³/mol. The zero-order valence-corrected chi connectivity index (χ0v) is 10.7. The van der Waals surface area contributed by atoms with E-state index in [1.807, 2.05) is 0 Å². The highest BCUT2D eigenvalue weighted by Crippen LogP contribution is 2.16. The number of carboxylic acids is 1. The standard InChI is InChI=1S/C11H12ClNO3S/c1-7(11(15)16)17-6-10(14)13-9-4-2-3-8(12)5-9/h2-5,7H,6H2,1H3,(H,13,14)(H,15,16). The third-order valence-corrected chi connectivity index (χ3v) is 3.29. The van der Waals surface area contributed by atoms with Crippen molar-refractivity contribution in [3.63, 3.8) is 0 Å². The van der Waals surface area contributed by atoms with Gasteiger partial charge in [-0.1, -0.05) is 17.7 Å². The van der Waals surface area contributed by atoms with Crippen LogP contribution in [0.4, 0.5) is 5.69 Å².